The van der Waals surface area contributed by atoms with Crippen LogP contribution in [0.2, 0.25) is 10.0 Å². The fraction of sp³-hybridized carbons (Fsp3) is 0.0500. The summed E-state index contributed by atoms with van der Waals surface area (Å²) < 4.78 is 5.44. The van der Waals surface area contributed by atoms with Crippen molar-refractivity contribution in [2.45, 2.75) is 0 Å². The van der Waals surface area contributed by atoms with Crippen molar-refractivity contribution in [3.05, 3.63) is 75.1 Å². The van der Waals surface area contributed by atoms with Crippen molar-refractivity contribution in [1.29, 1.82) is 0 Å². The number of ether oxygens (including phenoxy) is 1. The molecule has 0 aliphatic carbocycles. The molecule has 0 spiro atoms. The van der Waals surface area contributed by atoms with Crippen molar-refractivity contribution in [3.63, 3.8) is 0 Å². The lowest BCUT2D eigenvalue weighted by molar-refractivity contribution is -0.103. The average molecular weight is 389 g/mol. The molecule has 0 radical (unpaired) electrons. The van der Waals surface area contributed by atoms with Gasteiger partial charge in [-0.05, 0) is 53.4 Å². The molecule has 0 amide bonds. The van der Waals surface area contributed by atoms with E-state index in [1.807, 2.05) is 35.7 Å². The van der Waals surface area contributed by atoms with Crippen LogP contribution in [0.5, 0.6) is 5.75 Å². The van der Waals surface area contributed by atoms with E-state index in [0.717, 1.165) is 16.7 Å². The maximum atomic E-state index is 11.8. The molecule has 3 rings (SSSR count). The Kier molecular flexibility index (Phi) is 5.59. The summed E-state index contributed by atoms with van der Waals surface area (Å²) >= 11 is 14.1. The lowest BCUT2D eigenvalue weighted by Gasteiger charge is -2.11. The summed E-state index contributed by atoms with van der Waals surface area (Å²) in [5.74, 6) is 0.613. The number of benzene rings is 2. The first-order chi connectivity index (χ1) is 12.1. The second-order valence-corrected chi connectivity index (χ2v) is 7.01. The largest absolute Gasteiger partial charge is 0.496 e. The molecule has 2 nitrogen and oxygen atoms in total. The van der Waals surface area contributed by atoms with Gasteiger partial charge in [-0.1, -0.05) is 35.3 Å². The first-order valence-corrected chi connectivity index (χ1v) is 9.10. The maximum Gasteiger partial charge on any atom is 0.150 e. The number of hydrogen-bond acceptors (Lipinski definition) is 3. The fourth-order valence-electron chi connectivity index (χ4n) is 2.51. The molecule has 2 aromatic carbocycles. The SMILES string of the molecule is COc1ccc(-c2cccs2)cc1C(C=O)=Cc1c(Cl)cccc1Cl. The van der Waals surface area contributed by atoms with E-state index in [2.05, 4.69) is 0 Å². The third kappa shape index (κ3) is 3.79. The molecule has 0 bridgehead atoms. The summed E-state index contributed by atoms with van der Waals surface area (Å²) in [5, 5.41) is 2.99. The van der Waals surface area contributed by atoms with E-state index in [4.69, 9.17) is 27.9 Å². The van der Waals surface area contributed by atoms with Crippen LogP contribution in [0.25, 0.3) is 22.1 Å². The van der Waals surface area contributed by atoms with Crippen molar-refractivity contribution in [3.8, 4) is 16.2 Å². The molecule has 25 heavy (non-hydrogen) atoms. The van der Waals surface area contributed by atoms with E-state index < -0.39 is 0 Å². The number of aldehydes is 1. The van der Waals surface area contributed by atoms with Gasteiger partial charge in [0.1, 0.15) is 5.75 Å². The highest BCUT2D eigenvalue weighted by atomic mass is 35.5. The first-order valence-electron chi connectivity index (χ1n) is 7.47. The Labute approximate surface area is 160 Å². The van der Waals surface area contributed by atoms with Crippen LogP contribution in [0.3, 0.4) is 0 Å². The van der Waals surface area contributed by atoms with Crippen LogP contribution in [0.15, 0.2) is 53.9 Å². The highest BCUT2D eigenvalue weighted by Gasteiger charge is 2.13. The van der Waals surface area contributed by atoms with Gasteiger partial charge in [0.25, 0.3) is 0 Å². The molecule has 5 heteroatoms. The Morgan fingerprint density at radius 1 is 1.08 bits per heavy atom. The Bertz CT molecular complexity index is 911. The molecule has 0 saturated carbocycles. The lowest BCUT2D eigenvalue weighted by Crippen LogP contribution is -1.94. The number of carbonyl (C=O) groups is 1. The van der Waals surface area contributed by atoms with Gasteiger partial charge in [-0.25, -0.2) is 0 Å². The molecule has 0 aliphatic heterocycles. The quantitative estimate of drug-likeness (QED) is 0.284. The Morgan fingerprint density at radius 2 is 1.84 bits per heavy atom. The molecule has 1 heterocycles. The average Bonchev–Trinajstić information content (AvgIpc) is 3.16. The lowest BCUT2D eigenvalue weighted by atomic mass is 10.00. The van der Waals surface area contributed by atoms with Crippen LogP contribution in [-0.2, 0) is 4.79 Å². The van der Waals surface area contributed by atoms with Gasteiger partial charge in [-0.2, -0.15) is 0 Å². The van der Waals surface area contributed by atoms with Gasteiger partial charge in [0.05, 0.1) is 7.11 Å². The topological polar surface area (TPSA) is 26.3 Å². The molecule has 0 aliphatic rings. The standard InChI is InChI=1S/C20H14Cl2O2S/c1-24-19-8-7-13(20-6-3-9-25-20)10-15(19)14(12-23)11-16-17(21)4-2-5-18(16)22/h2-12H,1H3. The summed E-state index contributed by atoms with van der Waals surface area (Å²) in [5.41, 5.74) is 2.77. The van der Waals surface area contributed by atoms with E-state index in [0.29, 0.717) is 32.5 Å². The minimum Gasteiger partial charge on any atom is -0.496 e. The molecule has 126 valence electrons. The highest BCUT2D eigenvalue weighted by Crippen LogP contribution is 2.35. The molecule has 0 fully saturated rings. The minimum absolute atomic E-state index is 0.449. The van der Waals surface area contributed by atoms with Crippen molar-refractivity contribution in [2.24, 2.45) is 0 Å². The zero-order chi connectivity index (χ0) is 17.8. The summed E-state index contributed by atoms with van der Waals surface area (Å²) in [6.45, 7) is 0. The third-order valence-corrected chi connectivity index (χ3v) is 5.32. The molecule has 1 aromatic heterocycles. The molecule has 3 aromatic rings. The van der Waals surface area contributed by atoms with Gasteiger partial charge in [0.15, 0.2) is 6.29 Å². The number of carbonyl (C=O) groups excluding carboxylic acids is 1. The fourth-order valence-corrected chi connectivity index (χ4v) is 3.74. The van der Waals surface area contributed by atoms with Crippen LogP contribution in [0.4, 0.5) is 0 Å². The zero-order valence-electron chi connectivity index (χ0n) is 13.3. The minimum atomic E-state index is 0.449. The highest BCUT2D eigenvalue weighted by molar-refractivity contribution is 7.13. The second-order valence-electron chi connectivity index (χ2n) is 5.25. The number of methoxy groups -OCH3 is 1. The van der Waals surface area contributed by atoms with Crippen LogP contribution < -0.4 is 4.74 Å². The van der Waals surface area contributed by atoms with E-state index in [-0.39, 0.29) is 0 Å². The number of allylic oxidation sites excluding steroid dienone is 1. The van der Waals surface area contributed by atoms with Gasteiger partial charge in [0, 0.05) is 31.6 Å². The smallest absolute Gasteiger partial charge is 0.150 e. The van der Waals surface area contributed by atoms with Crippen molar-refractivity contribution in [2.75, 3.05) is 7.11 Å². The normalized spacial score (nSPS) is 11.4. The predicted molar refractivity (Wildman–Crippen MR) is 107 cm³/mol. The van der Waals surface area contributed by atoms with Crippen LogP contribution in [0, 0.1) is 0 Å². The Balaban J connectivity index is 2.16. The molecule has 0 unspecified atom stereocenters. The number of hydrogen-bond donors (Lipinski definition) is 0. The molecule has 0 saturated heterocycles. The summed E-state index contributed by atoms with van der Waals surface area (Å²) in [7, 11) is 1.58. The first kappa shape index (κ1) is 17.7. The number of halogens is 2. The third-order valence-electron chi connectivity index (χ3n) is 3.74. The Hall–Kier alpha value is -2.07. The van der Waals surface area contributed by atoms with Crippen LogP contribution >= 0.6 is 34.5 Å². The van der Waals surface area contributed by atoms with Gasteiger partial charge < -0.3 is 4.74 Å². The van der Waals surface area contributed by atoms with Crippen molar-refractivity contribution >= 4 is 52.5 Å². The summed E-state index contributed by atoms with van der Waals surface area (Å²) in [6.07, 6.45) is 2.48. The summed E-state index contributed by atoms with van der Waals surface area (Å²) in [6, 6.07) is 15.0. The van der Waals surface area contributed by atoms with Crippen molar-refractivity contribution in [1.82, 2.24) is 0 Å². The van der Waals surface area contributed by atoms with E-state index in [9.17, 15) is 4.79 Å². The summed E-state index contributed by atoms with van der Waals surface area (Å²) in [4.78, 5) is 12.9. The van der Waals surface area contributed by atoms with Gasteiger partial charge >= 0.3 is 0 Å². The second kappa shape index (κ2) is 7.87. The van der Waals surface area contributed by atoms with Crippen LogP contribution in [0.1, 0.15) is 11.1 Å². The molecule has 0 N–H and O–H groups in total. The maximum absolute atomic E-state index is 11.8. The monoisotopic (exact) mass is 388 g/mol. The molecular weight excluding hydrogens is 375 g/mol. The number of thiophene rings is 1. The predicted octanol–water partition coefficient (Wildman–Crippen LogP) is 6.47. The van der Waals surface area contributed by atoms with E-state index >= 15 is 0 Å². The molecule has 0 atom stereocenters. The van der Waals surface area contributed by atoms with Crippen molar-refractivity contribution < 1.29 is 9.53 Å². The van der Waals surface area contributed by atoms with Crippen LogP contribution in [-0.4, -0.2) is 13.4 Å². The molecular formula is C20H14Cl2O2S. The van der Waals surface area contributed by atoms with E-state index in [1.165, 1.54) is 0 Å². The van der Waals surface area contributed by atoms with Gasteiger partial charge in [-0.3, -0.25) is 4.79 Å². The zero-order valence-corrected chi connectivity index (χ0v) is 15.7. The Morgan fingerprint density at radius 3 is 2.44 bits per heavy atom. The number of rotatable bonds is 5. The van der Waals surface area contributed by atoms with Gasteiger partial charge in [0.2, 0.25) is 0 Å². The van der Waals surface area contributed by atoms with E-state index in [1.54, 1.807) is 42.7 Å². The van der Waals surface area contributed by atoms with Gasteiger partial charge in [-0.15, -0.1) is 11.3 Å².